The molecule has 1 saturated heterocycles. The molecule has 0 atom stereocenters. The summed E-state index contributed by atoms with van der Waals surface area (Å²) in [5, 5.41) is 0. The first kappa shape index (κ1) is 16.6. The molecule has 3 heterocycles. The summed E-state index contributed by atoms with van der Waals surface area (Å²) in [7, 11) is 1.79. The van der Waals surface area contributed by atoms with Crippen LogP contribution in [0.5, 0.6) is 0 Å². The Morgan fingerprint density at radius 3 is 2.83 bits per heavy atom. The minimum atomic E-state index is 0.0542. The molecule has 0 N–H and O–H groups in total. The van der Waals surface area contributed by atoms with Gasteiger partial charge in [0.25, 0.3) is 5.56 Å². The van der Waals surface area contributed by atoms with Crippen molar-refractivity contribution in [2.24, 2.45) is 13.0 Å². The van der Waals surface area contributed by atoms with Gasteiger partial charge in [0, 0.05) is 53.9 Å². The predicted molar refractivity (Wildman–Crippen MR) is 98.7 cm³/mol. The van der Waals surface area contributed by atoms with E-state index in [4.69, 9.17) is 4.74 Å². The zero-order valence-corrected chi connectivity index (χ0v) is 15.5. The molecule has 1 aliphatic heterocycles. The molecule has 0 aliphatic carbocycles. The van der Waals surface area contributed by atoms with Gasteiger partial charge in [-0.2, -0.15) is 0 Å². The third-order valence-corrected chi connectivity index (χ3v) is 4.94. The van der Waals surface area contributed by atoms with Crippen LogP contribution in [0.25, 0.3) is 0 Å². The number of hydrogen-bond acceptors (Lipinski definition) is 3. The highest BCUT2D eigenvalue weighted by Crippen LogP contribution is 2.20. The van der Waals surface area contributed by atoms with Gasteiger partial charge in [-0.25, -0.2) is 0 Å². The average molecular weight is 424 g/mol. The second kappa shape index (κ2) is 7.57. The maximum atomic E-state index is 12.2. The van der Waals surface area contributed by atoms with E-state index in [1.54, 1.807) is 11.6 Å². The zero-order valence-electron chi connectivity index (χ0n) is 13.3. The number of pyridine rings is 2. The van der Waals surface area contributed by atoms with Gasteiger partial charge < -0.3 is 9.30 Å². The van der Waals surface area contributed by atoms with Gasteiger partial charge in [0.15, 0.2) is 0 Å². The normalized spacial score (nSPS) is 15.7. The fraction of sp³-hybridized carbons (Fsp3) is 0.444. The van der Waals surface area contributed by atoms with E-state index >= 15 is 0 Å². The molecular weight excluding hydrogens is 403 g/mol. The highest BCUT2D eigenvalue weighted by Gasteiger charge is 2.14. The highest BCUT2D eigenvalue weighted by atomic mass is 127. The number of nitrogens with zero attached hydrogens (tertiary/aromatic N) is 2. The summed E-state index contributed by atoms with van der Waals surface area (Å²) in [5.74, 6) is 0.708. The molecule has 1 fully saturated rings. The van der Waals surface area contributed by atoms with E-state index in [9.17, 15) is 4.79 Å². The summed E-state index contributed by atoms with van der Waals surface area (Å²) in [6.07, 6.45) is 7.74. The van der Waals surface area contributed by atoms with Gasteiger partial charge in [-0.1, -0.05) is 6.07 Å². The van der Waals surface area contributed by atoms with Gasteiger partial charge in [0.05, 0.1) is 0 Å². The maximum absolute atomic E-state index is 12.2. The summed E-state index contributed by atoms with van der Waals surface area (Å²) in [5.41, 5.74) is 3.07. The molecule has 122 valence electrons. The number of hydrogen-bond donors (Lipinski definition) is 0. The Bertz CT molecular complexity index is 719. The topological polar surface area (TPSA) is 44.1 Å². The molecule has 1 aliphatic rings. The van der Waals surface area contributed by atoms with Crippen LogP contribution in [0, 0.1) is 9.49 Å². The smallest absolute Gasteiger partial charge is 0.253 e. The fourth-order valence-corrected chi connectivity index (χ4v) is 3.82. The Kier molecular flexibility index (Phi) is 5.48. The van der Waals surface area contributed by atoms with Crippen LogP contribution in [0.4, 0.5) is 0 Å². The van der Waals surface area contributed by atoms with Crippen molar-refractivity contribution in [2.45, 2.75) is 25.7 Å². The lowest BCUT2D eigenvalue weighted by Gasteiger charge is -2.21. The molecule has 0 saturated carbocycles. The summed E-state index contributed by atoms with van der Waals surface area (Å²) >= 11 is 2.24. The molecule has 23 heavy (non-hydrogen) atoms. The third kappa shape index (κ3) is 4.41. The molecule has 2 aromatic heterocycles. The maximum Gasteiger partial charge on any atom is 0.253 e. The van der Waals surface area contributed by atoms with Crippen LogP contribution in [0.1, 0.15) is 29.7 Å². The van der Waals surface area contributed by atoms with Gasteiger partial charge >= 0.3 is 0 Å². The molecule has 0 radical (unpaired) electrons. The molecular formula is C18H21IN2O2. The van der Waals surface area contributed by atoms with Crippen LogP contribution in [0.15, 0.2) is 35.4 Å². The van der Waals surface area contributed by atoms with Gasteiger partial charge in [0.1, 0.15) is 0 Å². The van der Waals surface area contributed by atoms with Crippen LogP contribution in [0.2, 0.25) is 0 Å². The number of halogens is 1. The first-order valence-electron chi connectivity index (χ1n) is 7.98. The number of aryl methyl sites for hydroxylation is 1. The predicted octanol–water partition coefficient (Wildman–Crippen LogP) is 2.94. The van der Waals surface area contributed by atoms with Gasteiger partial charge in [0.2, 0.25) is 0 Å². The molecule has 0 bridgehead atoms. The van der Waals surface area contributed by atoms with Crippen LogP contribution >= 0.6 is 22.6 Å². The van der Waals surface area contributed by atoms with Crippen molar-refractivity contribution in [1.82, 2.24) is 9.55 Å². The van der Waals surface area contributed by atoms with E-state index in [2.05, 4.69) is 33.6 Å². The zero-order chi connectivity index (χ0) is 16.2. The molecule has 0 unspecified atom stereocenters. The van der Waals surface area contributed by atoms with Crippen molar-refractivity contribution in [3.8, 4) is 0 Å². The van der Waals surface area contributed by atoms with Crippen molar-refractivity contribution in [1.29, 1.82) is 0 Å². The van der Waals surface area contributed by atoms with Crippen LogP contribution in [-0.2, 0) is 24.6 Å². The minimum Gasteiger partial charge on any atom is -0.381 e. The van der Waals surface area contributed by atoms with Gasteiger partial charge in [-0.05, 0) is 65.5 Å². The van der Waals surface area contributed by atoms with E-state index in [0.29, 0.717) is 12.3 Å². The van der Waals surface area contributed by atoms with E-state index < -0.39 is 0 Å². The Balaban J connectivity index is 1.69. The number of ether oxygens (including phenoxy) is 1. The van der Waals surface area contributed by atoms with Crippen molar-refractivity contribution in [3.63, 3.8) is 0 Å². The Morgan fingerprint density at radius 2 is 2.13 bits per heavy atom. The summed E-state index contributed by atoms with van der Waals surface area (Å²) in [6, 6.07) is 6.14. The van der Waals surface area contributed by atoms with Crippen molar-refractivity contribution in [2.75, 3.05) is 13.2 Å². The lowest BCUT2D eigenvalue weighted by atomic mass is 9.93. The summed E-state index contributed by atoms with van der Waals surface area (Å²) in [4.78, 5) is 16.7. The molecule has 2 aromatic rings. The van der Waals surface area contributed by atoms with E-state index in [1.165, 1.54) is 5.56 Å². The Hall–Kier alpha value is -1.21. The Morgan fingerprint density at radius 1 is 1.35 bits per heavy atom. The third-order valence-electron chi connectivity index (χ3n) is 4.35. The van der Waals surface area contributed by atoms with Crippen LogP contribution < -0.4 is 5.56 Å². The molecule has 5 heteroatoms. The lowest BCUT2D eigenvalue weighted by Crippen LogP contribution is -2.21. The van der Waals surface area contributed by atoms with Crippen LogP contribution in [0.3, 0.4) is 0 Å². The van der Waals surface area contributed by atoms with Gasteiger partial charge in [-0.3, -0.25) is 9.78 Å². The van der Waals surface area contributed by atoms with E-state index in [0.717, 1.165) is 47.3 Å². The minimum absolute atomic E-state index is 0.0542. The van der Waals surface area contributed by atoms with Gasteiger partial charge in [-0.15, -0.1) is 0 Å². The first-order valence-corrected chi connectivity index (χ1v) is 9.06. The van der Waals surface area contributed by atoms with Crippen molar-refractivity contribution >= 4 is 22.6 Å². The first-order chi connectivity index (χ1) is 11.1. The molecule has 0 aromatic carbocycles. The standard InChI is InChI=1S/C18H21IN2O2/c1-21-12-16(19)9-15(18(21)22)10-17-3-2-14(11-20-17)8-13-4-6-23-7-5-13/h2-3,9,11-13H,4-8,10H2,1H3. The Labute approximate surface area is 150 Å². The van der Waals surface area contributed by atoms with Crippen molar-refractivity contribution < 1.29 is 4.74 Å². The number of rotatable bonds is 4. The van der Waals surface area contributed by atoms with E-state index in [-0.39, 0.29) is 5.56 Å². The molecule has 4 nitrogen and oxygen atoms in total. The second-order valence-electron chi connectivity index (χ2n) is 6.19. The average Bonchev–Trinajstić information content (AvgIpc) is 2.55. The largest absolute Gasteiger partial charge is 0.381 e. The molecule has 0 amide bonds. The quantitative estimate of drug-likeness (QED) is 0.710. The second-order valence-corrected chi connectivity index (χ2v) is 7.44. The summed E-state index contributed by atoms with van der Waals surface area (Å²) in [6.45, 7) is 1.76. The van der Waals surface area contributed by atoms with E-state index in [1.807, 2.05) is 24.5 Å². The van der Waals surface area contributed by atoms with Crippen molar-refractivity contribution in [3.05, 3.63) is 61.3 Å². The SMILES string of the molecule is Cn1cc(I)cc(Cc2ccc(CC3CCOCC3)cn2)c1=O. The highest BCUT2D eigenvalue weighted by molar-refractivity contribution is 14.1. The molecule has 3 rings (SSSR count). The summed E-state index contributed by atoms with van der Waals surface area (Å²) < 4.78 is 8.11. The van der Waals surface area contributed by atoms with Crippen LogP contribution in [-0.4, -0.2) is 22.8 Å². The monoisotopic (exact) mass is 424 g/mol. The fourth-order valence-electron chi connectivity index (χ4n) is 3.02. The molecule has 0 spiro atoms. The lowest BCUT2D eigenvalue weighted by molar-refractivity contribution is 0.0665. The number of aromatic nitrogens is 2.